The molecule has 0 radical (unpaired) electrons. The van der Waals surface area contributed by atoms with Crippen LogP contribution in [0.5, 0.6) is 5.88 Å². The van der Waals surface area contributed by atoms with Crippen molar-refractivity contribution in [1.82, 2.24) is 9.55 Å². The van der Waals surface area contributed by atoms with Gasteiger partial charge in [0, 0.05) is 23.8 Å². The van der Waals surface area contributed by atoms with Gasteiger partial charge >= 0.3 is 5.97 Å². The first-order valence-corrected chi connectivity index (χ1v) is 6.04. The maximum absolute atomic E-state index is 11.2. The molecule has 2 aromatic heterocycles. The lowest BCUT2D eigenvalue weighted by atomic mass is 10.1. The number of aromatic carboxylic acids is 1. The second kappa shape index (κ2) is 4.70. The summed E-state index contributed by atoms with van der Waals surface area (Å²) in [6, 6.07) is 10.7. The molecule has 0 unspecified atom stereocenters. The minimum atomic E-state index is -0.930. The molecule has 1 N–H and O–H groups in total. The predicted octanol–water partition coefficient (Wildman–Crippen LogP) is 2.73. The fraction of sp³-hybridized carbons (Fsp3) is 0.0667. The Labute approximate surface area is 115 Å². The highest BCUT2D eigenvalue weighted by Crippen LogP contribution is 2.24. The maximum atomic E-state index is 11.2. The molecule has 0 aliphatic carbocycles. The molecule has 3 aromatic rings. The van der Waals surface area contributed by atoms with Crippen LogP contribution in [-0.2, 0) is 0 Å². The van der Waals surface area contributed by atoms with E-state index in [0.29, 0.717) is 16.8 Å². The van der Waals surface area contributed by atoms with Crippen LogP contribution in [0, 0.1) is 0 Å². The van der Waals surface area contributed by atoms with Crippen molar-refractivity contribution in [3.8, 4) is 11.6 Å². The predicted molar refractivity (Wildman–Crippen MR) is 74.6 cm³/mol. The van der Waals surface area contributed by atoms with Crippen molar-refractivity contribution in [2.45, 2.75) is 0 Å². The summed E-state index contributed by atoms with van der Waals surface area (Å²) in [6.45, 7) is 0. The van der Waals surface area contributed by atoms with E-state index in [-0.39, 0.29) is 0 Å². The van der Waals surface area contributed by atoms with Crippen LogP contribution in [0.4, 0.5) is 0 Å². The van der Waals surface area contributed by atoms with Gasteiger partial charge in [0.1, 0.15) is 0 Å². The van der Waals surface area contributed by atoms with E-state index < -0.39 is 5.97 Å². The molecule has 5 nitrogen and oxygen atoms in total. The Bertz CT molecular complexity index is 793. The van der Waals surface area contributed by atoms with Crippen LogP contribution in [0.1, 0.15) is 10.4 Å². The van der Waals surface area contributed by atoms with Gasteiger partial charge in [0.25, 0.3) is 0 Å². The van der Waals surface area contributed by atoms with Gasteiger partial charge in [-0.1, -0.05) is 6.07 Å². The summed E-state index contributed by atoms with van der Waals surface area (Å²) >= 11 is 0. The number of aromatic nitrogens is 2. The third-order valence-electron chi connectivity index (χ3n) is 3.17. The Balaban J connectivity index is 2.22. The van der Waals surface area contributed by atoms with Gasteiger partial charge in [0.2, 0.25) is 5.88 Å². The first-order chi connectivity index (χ1) is 9.70. The molecule has 3 rings (SSSR count). The Morgan fingerprint density at radius 3 is 2.90 bits per heavy atom. The van der Waals surface area contributed by atoms with Gasteiger partial charge in [-0.2, -0.15) is 0 Å². The highest BCUT2D eigenvalue weighted by molar-refractivity contribution is 6.03. The Morgan fingerprint density at radius 1 is 1.30 bits per heavy atom. The van der Waals surface area contributed by atoms with E-state index in [4.69, 9.17) is 4.74 Å². The molecular formula is C15H12N2O3. The van der Waals surface area contributed by atoms with Crippen LogP contribution >= 0.6 is 0 Å². The molecule has 100 valence electrons. The summed E-state index contributed by atoms with van der Waals surface area (Å²) < 4.78 is 7.02. The van der Waals surface area contributed by atoms with Crippen molar-refractivity contribution < 1.29 is 14.6 Å². The number of fused-ring (bicyclic) bond motifs is 1. The molecule has 2 heterocycles. The van der Waals surface area contributed by atoms with Crippen molar-refractivity contribution in [1.29, 1.82) is 0 Å². The van der Waals surface area contributed by atoms with Crippen molar-refractivity contribution >= 4 is 16.9 Å². The number of hydrogen-bond acceptors (Lipinski definition) is 3. The van der Waals surface area contributed by atoms with Crippen LogP contribution in [0.25, 0.3) is 16.6 Å². The number of rotatable bonds is 3. The lowest BCUT2D eigenvalue weighted by molar-refractivity contribution is 0.0699. The zero-order chi connectivity index (χ0) is 14.1. The molecule has 0 atom stereocenters. The van der Waals surface area contributed by atoms with Gasteiger partial charge in [-0.25, -0.2) is 9.78 Å². The van der Waals surface area contributed by atoms with Gasteiger partial charge in [-0.3, -0.25) is 0 Å². The molecule has 0 amide bonds. The number of hydrogen-bond donors (Lipinski definition) is 1. The third-order valence-corrected chi connectivity index (χ3v) is 3.17. The van der Waals surface area contributed by atoms with E-state index in [9.17, 15) is 9.90 Å². The number of pyridine rings is 1. The fourth-order valence-corrected chi connectivity index (χ4v) is 2.24. The summed E-state index contributed by atoms with van der Waals surface area (Å²) in [7, 11) is 1.56. The number of methoxy groups -OCH3 is 1. The van der Waals surface area contributed by atoms with Crippen LogP contribution in [0.3, 0.4) is 0 Å². The number of carboxylic acid groups (broad SMARTS) is 1. The Kier molecular flexibility index (Phi) is 2.87. The van der Waals surface area contributed by atoms with E-state index in [0.717, 1.165) is 11.2 Å². The lowest BCUT2D eigenvalue weighted by Crippen LogP contribution is -1.98. The smallest absolute Gasteiger partial charge is 0.336 e. The molecule has 0 fully saturated rings. The van der Waals surface area contributed by atoms with Gasteiger partial charge in [-0.05, 0) is 24.3 Å². The van der Waals surface area contributed by atoms with Crippen molar-refractivity contribution in [3.05, 3.63) is 54.4 Å². The molecule has 0 bridgehead atoms. The van der Waals surface area contributed by atoms with E-state index in [1.165, 1.54) is 0 Å². The summed E-state index contributed by atoms with van der Waals surface area (Å²) in [5, 5.41) is 9.91. The van der Waals surface area contributed by atoms with Crippen molar-refractivity contribution in [2.24, 2.45) is 0 Å². The number of benzene rings is 1. The highest BCUT2D eigenvalue weighted by Gasteiger charge is 2.11. The normalized spacial score (nSPS) is 10.7. The zero-order valence-electron chi connectivity index (χ0n) is 10.8. The summed E-state index contributed by atoms with van der Waals surface area (Å²) in [6.07, 6.45) is 3.49. The molecule has 1 aromatic carbocycles. The topological polar surface area (TPSA) is 64.3 Å². The first kappa shape index (κ1) is 12.2. The minimum Gasteiger partial charge on any atom is -0.481 e. The molecule has 0 spiro atoms. The SMILES string of the molecule is COc1cc(-n2ccc3c(C(=O)O)cccc32)ccn1. The molecule has 5 heteroatoms. The standard InChI is InChI=1S/C15H12N2O3/c1-20-14-9-10(5-7-16-14)17-8-6-11-12(15(18)19)3-2-4-13(11)17/h2-9H,1H3,(H,18,19). The molecule has 0 saturated heterocycles. The van der Waals surface area contributed by atoms with Crippen LogP contribution < -0.4 is 4.74 Å². The second-order valence-electron chi connectivity index (χ2n) is 4.29. The van der Waals surface area contributed by atoms with Gasteiger partial charge in [-0.15, -0.1) is 0 Å². The van der Waals surface area contributed by atoms with E-state index in [1.807, 2.05) is 22.9 Å². The number of ether oxygens (including phenoxy) is 1. The van der Waals surface area contributed by atoms with Gasteiger partial charge < -0.3 is 14.4 Å². The number of nitrogens with zero attached hydrogens (tertiary/aromatic N) is 2. The Morgan fingerprint density at radius 2 is 2.15 bits per heavy atom. The number of carboxylic acids is 1. The molecule has 0 aliphatic rings. The van der Waals surface area contributed by atoms with Crippen LogP contribution in [0.15, 0.2) is 48.8 Å². The quantitative estimate of drug-likeness (QED) is 0.793. The molecular weight excluding hydrogens is 256 g/mol. The molecule has 0 aliphatic heterocycles. The number of carbonyl (C=O) groups is 1. The average molecular weight is 268 g/mol. The fourth-order valence-electron chi connectivity index (χ4n) is 2.24. The first-order valence-electron chi connectivity index (χ1n) is 6.04. The summed E-state index contributed by atoms with van der Waals surface area (Å²) in [5.74, 6) is -0.417. The van der Waals surface area contributed by atoms with Crippen LogP contribution in [-0.4, -0.2) is 27.7 Å². The monoisotopic (exact) mass is 268 g/mol. The minimum absolute atomic E-state index is 0.294. The van der Waals surface area contributed by atoms with Crippen molar-refractivity contribution in [3.63, 3.8) is 0 Å². The van der Waals surface area contributed by atoms with E-state index in [2.05, 4.69) is 4.98 Å². The zero-order valence-corrected chi connectivity index (χ0v) is 10.8. The maximum Gasteiger partial charge on any atom is 0.336 e. The summed E-state index contributed by atoms with van der Waals surface area (Å²) in [4.78, 5) is 15.3. The largest absolute Gasteiger partial charge is 0.481 e. The van der Waals surface area contributed by atoms with E-state index >= 15 is 0 Å². The lowest BCUT2D eigenvalue weighted by Gasteiger charge is -2.07. The Hall–Kier alpha value is -2.82. The van der Waals surface area contributed by atoms with Crippen LogP contribution in [0.2, 0.25) is 0 Å². The summed E-state index contributed by atoms with van der Waals surface area (Å²) in [5.41, 5.74) is 2.00. The van der Waals surface area contributed by atoms with E-state index in [1.54, 1.807) is 37.6 Å². The van der Waals surface area contributed by atoms with Gasteiger partial charge in [0.15, 0.2) is 0 Å². The third kappa shape index (κ3) is 1.89. The molecule has 20 heavy (non-hydrogen) atoms. The van der Waals surface area contributed by atoms with Gasteiger partial charge in [0.05, 0.1) is 23.9 Å². The van der Waals surface area contributed by atoms with Crippen molar-refractivity contribution in [2.75, 3.05) is 7.11 Å². The highest BCUT2D eigenvalue weighted by atomic mass is 16.5. The second-order valence-corrected chi connectivity index (χ2v) is 4.29. The molecule has 0 saturated carbocycles. The average Bonchev–Trinajstić information content (AvgIpc) is 2.91.